The average molecular weight is 350 g/mol. The molecule has 112 valence electrons. The van der Waals surface area contributed by atoms with Gasteiger partial charge < -0.3 is 10.5 Å². The Bertz CT molecular complexity index is 612. The zero-order valence-corrected chi connectivity index (χ0v) is 14.1. The fourth-order valence-electron chi connectivity index (χ4n) is 1.91. The molecule has 0 aliphatic heterocycles. The van der Waals surface area contributed by atoms with E-state index in [0.717, 1.165) is 34.5 Å². The summed E-state index contributed by atoms with van der Waals surface area (Å²) in [7, 11) is 0. The van der Waals surface area contributed by atoms with Crippen molar-refractivity contribution in [2.24, 2.45) is 0 Å². The maximum absolute atomic E-state index is 5.97. The second-order valence-corrected chi connectivity index (χ2v) is 5.95. The number of nitrogens with two attached hydrogens (primary N) is 1. The third-order valence-corrected chi connectivity index (χ3v) is 3.85. The minimum atomic E-state index is 0.274. The second-order valence-electron chi connectivity index (χ2n) is 5.16. The first kappa shape index (κ1) is 15.8. The number of anilines is 1. The molecule has 1 aromatic carbocycles. The van der Waals surface area contributed by atoms with Crippen LogP contribution >= 0.6 is 15.9 Å². The van der Waals surface area contributed by atoms with Crippen molar-refractivity contribution >= 4 is 21.7 Å². The lowest BCUT2D eigenvalue weighted by Gasteiger charge is -2.12. The SMILES string of the molecule is CCCOc1ccc(-c2nc(N)c(Br)c(C(C)C)n2)cc1. The molecule has 2 rings (SSSR count). The number of rotatable bonds is 5. The van der Waals surface area contributed by atoms with E-state index in [0.29, 0.717) is 11.6 Å². The molecule has 0 unspecified atom stereocenters. The van der Waals surface area contributed by atoms with E-state index in [1.807, 2.05) is 24.3 Å². The Hall–Kier alpha value is -1.62. The molecule has 0 spiro atoms. The smallest absolute Gasteiger partial charge is 0.161 e. The van der Waals surface area contributed by atoms with Gasteiger partial charge in [-0.05, 0) is 52.5 Å². The van der Waals surface area contributed by atoms with Gasteiger partial charge in [0.05, 0.1) is 16.8 Å². The molecular formula is C16H20BrN3O. The van der Waals surface area contributed by atoms with E-state index in [-0.39, 0.29) is 5.92 Å². The Balaban J connectivity index is 2.33. The molecule has 0 fully saturated rings. The van der Waals surface area contributed by atoms with E-state index in [1.165, 1.54) is 0 Å². The van der Waals surface area contributed by atoms with Crippen LogP contribution in [0.3, 0.4) is 0 Å². The summed E-state index contributed by atoms with van der Waals surface area (Å²) in [6.45, 7) is 6.97. The molecule has 0 bridgehead atoms. The van der Waals surface area contributed by atoms with Crippen LogP contribution < -0.4 is 10.5 Å². The van der Waals surface area contributed by atoms with Gasteiger partial charge >= 0.3 is 0 Å². The van der Waals surface area contributed by atoms with Crippen molar-refractivity contribution in [3.8, 4) is 17.1 Å². The summed E-state index contributed by atoms with van der Waals surface area (Å²) in [5, 5.41) is 0. The minimum absolute atomic E-state index is 0.274. The van der Waals surface area contributed by atoms with Crippen LogP contribution in [0.2, 0.25) is 0 Å². The number of nitrogens with zero attached hydrogens (tertiary/aromatic N) is 2. The highest BCUT2D eigenvalue weighted by molar-refractivity contribution is 9.10. The van der Waals surface area contributed by atoms with Crippen molar-refractivity contribution in [3.63, 3.8) is 0 Å². The van der Waals surface area contributed by atoms with Crippen molar-refractivity contribution in [3.05, 3.63) is 34.4 Å². The zero-order chi connectivity index (χ0) is 15.4. The quantitative estimate of drug-likeness (QED) is 0.868. The van der Waals surface area contributed by atoms with Gasteiger partial charge in [-0.2, -0.15) is 0 Å². The number of nitrogen functional groups attached to an aromatic ring is 1. The van der Waals surface area contributed by atoms with E-state index in [1.54, 1.807) is 0 Å². The van der Waals surface area contributed by atoms with E-state index >= 15 is 0 Å². The van der Waals surface area contributed by atoms with Gasteiger partial charge in [0.2, 0.25) is 0 Å². The highest BCUT2D eigenvalue weighted by Gasteiger charge is 2.14. The molecule has 4 nitrogen and oxygen atoms in total. The summed E-state index contributed by atoms with van der Waals surface area (Å²) in [5.74, 6) is 2.24. The molecule has 0 saturated carbocycles. The van der Waals surface area contributed by atoms with Gasteiger partial charge in [-0.15, -0.1) is 0 Å². The van der Waals surface area contributed by atoms with Crippen molar-refractivity contribution in [2.45, 2.75) is 33.1 Å². The normalized spacial score (nSPS) is 10.9. The third-order valence-electron chi connectivity index (χ3n) is 3.03. The molecule has 1 aromatic heterocycles. The molecule has 0 amide bonds. The first-order valence-corrected chi connectivity index (χ1v) is 7.88. The fraction of sp³-hybridized carbons (Fsp3) is 0.375. The summed E-state index contributed by atoms with van der Waals surface area (Å²) >= 11 is 3.46. The van der Waals surface area contributed by atoms with Gasteiger partial charge in [-0.3, -0.25) is 0 Å². The fourth-order valence-corrected chi connectivity index (χ4v) is 2.55. The van der Waals surface area contributed by atoms with Crippen LogP contribution in [-0.4, -0.2) is 16.6 Å². The van der Waals surface area contributed by atoms with Gasteiger partial charge in [0.15, 0.2) is 5.82 Å². The van der Waals surface area contributed by atoms with Gasteiger partial charge in [0.1, 0.15) is 11.6 Å². The van der Waals surface area contributed by atoms with Crippen LogP contribution in [0.25, 0.3) is 11.4 Å². The maximum atomic E-state index is 5.97. The van der Waals surface area contributed by atoms with Crippen LogP contribution in [0, 0.1) is 0 Å². The van der Waals surface area contributed by atoms with Gasteiger partial charge in [0.25, 0.3) is 0 Å². The molecule has 0 atom stereocenters. The third kappa shape index (κ3) is 3.73. The highest BCUT2D eigenvalue weighted by Crippen LogP contribution is 2.30. The Morgan fingerprint density at radius 1 is 1.19 bits per heavy atom. The largest absolute Gasteiger partial charge is 0.494 e. The van der Waals surface area contributed by atoms with Crippen molar-refractivity contribution in [1.82, 2.24) is 9.97 Å². The molecule has 2 N–H and O–H groups in total. The van der Waals surface area contributed by atoms with E-state index in [2.05, 4.69) is 46.7 Å². The lowest BCUT2D eigenvalue weighted by Crippen LogP contribution is -2.04. The number of ether oxygens (including phenoxy) is 1. The topological polar surface area (TPSA) is 61.0 Å². The number of aromatic nitrogens is 2. The summed E-state index contributed by atoms with van der Waals surface area (Å²) in [5.41, 5.74) is 7.82. The molecule has 0 saturated heterocycles. The van der Waals surface area contributed by atoms with Gasteiger partial charge in [-0.25, -0.2) is 9.97 Å². The van der Waals surface area contributed by atoms with E-state index in [4.69, 9.17) is 10.5 Å². The molecule has 2 aromatic rings. The van der Waals surface area contributed by atoms with Crippen molar-refractivity contribution in [2.75, 3.05) is 12.3 Å². The first-order chi connectivity index (χ1) is 10.0. The van der Waals surface area contributed by atoms with Crippen LogP contribution in [-0.2, 0) is 0 Å². The number of hydrogen-bond donors (Lipinski definition) is 1. The van der Waals surface area contributed by atoms with Gasteiger partial charge in [-0.1, -0.05) is 20.8 Å². The molecular weight excluding hydrogens is 330 g/mol. The van der Waals surface area contributed by atoms with Crippen LogP contribution in [0.1, 0.15) is 38.8 Å². The molecule has 21 heavy (non-hydrogen) atoms. The van der Waals surface area contributed by atoms with E-state index in [9.17, 15) is 0 Å². The minimum Gasteiger partial charge on any atom is -0.494 e. The van der Waals surface area contributed by atoms with Crippen LogP contribution in [0.5, 0.6) is 5.75 Å². The Morgan fingerprint density at radius 2 is 1.86 bits per heavy atom. The van der Waals surface area contributed by atoms with Gasteiger partial charge in [0, 0.05) is 5.56 Å². The Labute approximate surface area is 133 Å². The van der Waals surface area contributed by atoms with E-state index < -0.39 is 0 Å². The zero-order valence-electron chi connectivity index (χ0n) is 12.6. The standard InChI is InChI=1S/C16H20BrN3O/c1-4-9-21-12-7-5-11(6-8-12)16-19-14(10(2)3)13(17)15(18)20-16/h5-8,10H,4,9H2,1-3H3,(H2,18,19,20). The molecule has 5 heteroatoms. The molecule has 1 heterocycles. The Morgan fingerprint density at radius 3 is 2.43 bits per heavy atom. The summed E-state index contributed by atoms with van der Waals surface area (Å²) < 4.78 is 6.36. The maximum Gasteiger partial charge on any atom is 0.161 e. The first-order valence-electron chi connectivity index (χ1n) is 7.09. The summed E-state index contributed by atoms with van der Waals surface area (Å²) in [4.78, 5) is 8.97. The Kier molecular flexibility index (Phi) is 5.17. The average Bonchev–Trinajstić information content (AvgIpc) is 2.48. The molecule has 0 aliphatic carbocycles. The number of benzene rings is 1. The van der Waals surface area contributed by atoms with Crippen molar-refractivity contribution in [1.29, 1.82) is 0 Å². The number of hydrogen-bond acceptors (Lipinski definition) is 4. The number of halogens is 1. The predicted molar refractivity (Wildman–Crippen MR) is 89.5 cm³/mol. The predicted octanol–water partition coefficient (Wildman–Crippen LogP) is 4.40. The van der Waals surface area contributed by atoms with Crippen LogP contribution in [0.15, 0.2) is 28.7 Å². The lowest BCUT2D eigenvalue weighted by molar-refractivity contribution is 0.317. The summed E-state index contributed by atoms with van der Waals surface area (Å²) in [6, 6.07) is 7.78. The summed E-state index contributed by atoms with van der Waals surface area (Å²) in [6.07, 6.45) is 0.992. The van der Waals surface area contributed by atoms with Crippen molar-refractivity contribution < 1.29 is 4.74 Å². The monoisotopic (exact) mass is 349 g/mol. The lowest BCUT2D eigenvalue weighted by atomic mass is 10.1. The van der Waals surface area contributed by atoms with Crippen LogP contribution in [0.4, 0.5) is 5.82 Å². The molecule has 0 aliphatic rings. The molecule has 0 radical (unpaired) electrons. The highest BCUT2D eigenvalue weighted by atomic mass is 79.9. The second kappa shape index (κ2) is 6.89.